The third kappa shape index (κ3) is 2.90. The van der Waals surface area contributed by atoms with Gasteiger partial charge in [-0.25, -0.2) is 4.79 Å². The third-order valence-electron chi connectivity index (χ3n) is 4.27. The van der Waals surface area contributed by atoms with E-state index in [0.29, 0.717) is 18.7 Å². The minimum atomic E-state index is -0.583. The van der Waals surface area contributed by atoms with E-state index in [4.69, 9.17) is 4.74 Å². The maximum atomic E-state index is 12.4. The van der Waals surface area contributed by atoms with Crippen LogP contribution in [-0.4, -0.2) is 26.6 Å². The van der Waals surface area contributed by atoms with Crippen molar-refractivity contribution in [1.82, 2.24) is 14.6 Å². The zero-order chi connectivity index (χ0) is 18.1. The van der Waals surface area contributed by atoms with Crippen molar-refractivity contribution < 1.29 is 9.84 Å². The van der Waals surface area contributed by atoms with Gasteiger partial charge >= 0.3 is 5.69 Å². The molecule has 1 aromatic heterocycles. The topological polar surface area (TPSA) is 97.9 Å². The van der Waals surface area contributed by atoms with Gasteiger partial charge in [0.1, 0.15) is 11.3 Å². The number of ether oxygens (including phenoxy) is 1. The summed E-state index contributed by atoms with van der Waals surface area (Å²) in [4.78, 5) is 24.2. The molecule has 2 aromatic rings. The Bertz CT molecular complexity index is 941. The van der Waals surface area contributed by atoms with Gasteiger partial charge in [-0.15, -0.1) is 0 Å². The molecule has 1 aromatic carbocycles. The van der Waals surface area contributed by atoms with Crippen molar-refractivity contribution in [3.05, 3.63) is 56.2 Å². The fourth-order valence-electron chi connectivity index (χ4n) is 2.84. The number of nitrogens with one attached hydrogen (secondary N) is 1. The fourth-order valence-corrected chi connectivity index (χ4v) is 2.84. The molecule has 0 amide bonds. The normalized spacial score (nSPS) is 16.4. The molecule has 0 aliphatic carbocycles. The van der Waals surface area contributed by atoms with Crippen LogP contribution in [0.3, 0.4) is 0 Å². The molecule has 2 N–H and O–H groups in total. The van der Waals surface area contributed by atoms with Crippen LogP contribution in [0.5, 0.6) is 11.6 Å². The predicted octanol–water partition coefficient (Wildman–Crippen LogP) is 0.627. The van der Waals surface area contributed by atoms with Gasteiger partial charge in [-0.1, -0.05) is 12.1 Å². The molecule has 25 heavy (non-hydrogen) atoms. The van der Waals surface area contributed by atoms with E-state index < -0.39 is 11.2 Å². The largest absolute Gasteiger partial charge is 0.494 e. The Kier molecular flexibility index (Phi) is 4.35. The zero-order valence-electron chi connectivity index (χ0n) is 14.3. The number of hydrogen-bond acceptors (Lipinski definition) is 6. The zero-order valence-corrected chi connectivity index (χ0v) is 14.3. The second-order valence-electron chi connectivity index (χ2n) is 5.85. The average molecular weight is 344 g/mol. The summed E-state index contributed by atoms with van der Waals surface area (Å²) >= 11 is 0. The van der Waals surface area contributed by atoms with Crippen molar-refractivity contribution in [3.63, 3.8) is 0 Å². The van der Waals surface area contributed by atoms with E-state index >= 15 is 0 Å². The van der Waals surface area contributed by atoms with Gasteiger partial charge in [0, 0.05) is 20.5 Å². The average Bonchev–Trinajstić information content (AvgIpc) is 3.09. The SMILES string of the molecule is CCOc1ccc([C@H]2CC(c3c(O)n(C)c(=O)n(C)c3=O)=NN2)cc1. The minimum absolute atomic E-state index is 0.0468. The van der Waals surface area contributed by atoms with E-state index in [0.717, 1.165) is 20.4 Å². The summed E-state index contributed by atoms with van der Waals surface area (Å²) < 4.78 is 7.42. The first-order valence-electron chi connectivity index (χ1n) is 7.98. The van der Waals surface area contributed by atoms with Gasteiger partial charge in [0.25, 0.3) is 5.56 Å². The molecule has 8 heteroatoms. The first-order valence-corrected chi connectivity index (χ1v) is 7.98. The van der Waals surface area contributed by atoms with Crippen molar-refractivity contribution >= 4 is 5.71 Å². The van der Waals surface area contributed by atoms with Crippen LogP contribution in [0.15, 0.2) is 39.0 Å². The standard InChI is InChI=1S/C17H20N4O4/c1-4-25-11-7-5-10(6-8-11)12-9-13(19-18-12)14-15(22)20(2)17(24)21(3)16(14)23/h5-8,12,18,22H,4,9H2,1-3H3/t12-/m1/s1. The second-order valence-corrected chi connectivity index (χ2v) is 5.85. The van der Waals surface area contributed by atoms with Crippen molar-refractivity contribution in [2.24, 2.45) is 19.2 Å². The molecular weight excluding hydrogens is 324 g/mol. The molecule has 1 atom stereocenters. The molecule has 1 aliphatic rings. The van der Waals surface area contributed by atoms with Crippen molar-refractivity contribution in [1.29, 1.82) is 0 Å². The van der Waals surface area contributed by atoms with E-state index in [1.54, 1.807) is 0 Å². The minimum Gasteiger partial charge on any atom is -0.494 e. The summed E-state index contributed by atoms with van der Waals surface area (Å²) in [5.74, 6) is 0.413. The highest BCUT2D eigenvalue weighted by atomic mass is 16.5. The Morgan fingerprint density at radius 1 is 1.24 bits per heavy atom. The molecule has 0 unspecified atom stereocenters. The molecular formula is C17H20N4O4. The molecule has 3 rings (SSSR count). The second kappa shape index (κ2) is 6.46. The summed E-state index contributed by atoms with van der Waals surface area (Å²) in [7, 11) is 2.79. The number of rotatable bonds is 4. The lowest BCUT2D eigenvalue weighted by molar-refractivity contribution is 0.340. The Labute approximate surface area is 144 Å². The van der Waals surface area contributed by atoms with Crippen LogP contribution in [0.25, 0.3) is 0 Å². The first kappa shape index (κ1) is 16.8. The summed E-state index contributed by atoms with van der Waals surface area (Å²) in [5, 5.41) is 14.4. The third-order valence-corrected chi connectivity index (χ3v) is 4.27. The van der Waals surface area contributed by atoms with Gasteiger partial charge in [0.15, 0.2) is 0 Å². The molecule has 0 radical (unpaired) electrons. The quantitative estimate of drug-likeness (QED) is 0.848. The van der Waals surface area contributed by atoms with Crippen molar-refractivity contribution in [3.8, 4) is 11.6 Å². The Morgan fingerprint density at radius 2 is 1.92 bits per heavy atom. The highest BCUT2D eigenvalue weighted by Gasteiger charge is 2.27. The van der Waals surface area contributed by atoms with Crippen LogP contribution in [-0.2, 0) is 14.1 Å². The lowest BCUT2D eigenvalue weighted by atomic mass is 10.00. The van der Waals surface area contributed by atoms with Gasteiger partial charge in [0.2, 0.25) is 5.88 Å². The van der Waals surface area contributed by atoms with Crippen molar-refractivity contribution in [2.75, 3.05) is 6.61 Å². The molecule has 2 heterocycles. The summed E-state index contributed by atoms with van der Waals surface area (Å²) in [6.07, 6.45) is 0.426. The summed E-state index contributed by atoms with van der Waals surface area (Å²) in [5.41, 5.74) is 3.30. The van der Waals surface area contributed by atoms with Crippen molar-refractivity contribution in [2.45, 2.75) is 19.4 Å². The number of aromatic hydroxyl groups is 1. The van der Waals surface area contributed by atoms with Gasteiger partial charge < -0.3 is 15.3 Å². The smallest absolute Gasteiger partial charge is 0.333 e. The van der Waals surface area contributed by atoms with Crippen LogP contribution < -0.4 is 21.4 Å². The first-order chi connectivity index (χ1) is 11.9. The maximum absolute atomic E-state index is 12.4. The van der Waals surface area contributed by atoms with Gasteiger partial charge in [-0.2, -0.15) is 5.10 Å². The highest BCUT2D eigenvalue weighted by molar-refractivity contribution is 6.03. The van der Waals surface area contributed by atoms with Gasteiger partial charge in [0.05, 0.1) is 18.4 Å². The fraction of sp³-hybridized carbons (Fsp3) is 0.353. The number of nitrogens with zero attached hydrogens (tertiary/aromatic N) is 3. The Hall–Kier alpha value is -3.03. The predicted molar refractivity (Wildman–Crippen MR) is 93.2 cm³/mol. The van der Waals surface area contributed by atoms with E-state index in [2.05, 4.69) is 10.5 Å². The summed E-state index contributed by atoms with van der Waals surface area (Å²) in [6, 6.07) is 7.49. The molecule has 1 aliphatic heterocycles. The van der Waals surface area contributed by atoms with E-state index in [-0.39, 0.29) is 17.5 Å². The van der Waals surface area contributed by atoms with Gasteiger partial charge in [-0.05, 0) is 24.6 Å². The molecule has 0 saturated carbocycles. The number of hydrogen-bond donors (Lipinski definition) is 2. The Morgan fingerprint density at radius 3 is 2.56 bits per heavy atom. The number of aromatic nitrogens is 2. The molecule has 0 bridgehead atoms. The highest BCUT2D eigenvalue weighted by Crippen LogP contribution is 2.27. The summed E-state index contributed by atoms with van der Waals surface area (Å²) in [6.45, 7) is 2.52. The van der Waals surface area contributed by atoms with Crippen LogP contribution >= 0.6 is 0 Å². The lowest BCUT2D eigenvalue weighted by Crippen LogP contribution is -2.39. The van der Waals surface area contributed by atoms with Crippen LogP contribution in [0, 0.1) is 0 Å². The van der Waals surface area contributed by atoms with E-state index in [1.807, 2.05) is 31.2 Å². The molecule has 132 valence electrons. The lowest BCUT2D eigenvalue weighted by Gasteiger charge is -2.12. The van der Waals surface area contributed by atoms with E-state index in [9.17, 15) is 14.7 Å². The number of hydrazone groups is 1. The Balaban J connectivity index is 1.89. The maximum Gasteiger partial charge on any atom is 0.333 e. The van der Waals surface area contributed by atoms with Gasteiger partial charge in [-0.3, -0.25) is 13.9 Å². The van der Waals surface area contributed by atoms with Crippen LogP contribution in [0.2, 0.25) is 0 Å². The van der Waals surface area contributed by atoms with E-state index in [1.165, 1.54) is 14.1 Å². The van der Waals surface area contributed by atoms with Crippen LogP contribution in [0.4, 0.5) is 0 Å². The molecule has 8 nitrogen and oxygen atoms in total. The molecule has 0 saturated heterocycles. The number of benzene rings is 1. The monoisotopic (exact) mass is 344 g/mol. The molecule has 0 spiro atoms. The van der Waals surface area contributed by atoms with Crippen LogP contribution in [0.1, 0.15) is 30.5 Å². The molecule has 0 fully saturated rings.